The molecule has 132 valence electrons. The zero-order valence-corrected chi connectivity index (χ0v) is 14.4. The molecule has 1 aliphatic heterocycles. The van der Waals surface area contributed by atoms with Gasteiger partial charge in [0.15, 0.2) is 0 Å². The first-order valence-corrected chi connectivity index (χ1v) is 9.07. The summed E-state index contributed by atoms with van der Waals surface area (Å²) in [5.74, 6) is 1.28. The summed E-state index contributed by atoms with van der Waals surface area (Å²) in [6.07, 6.45) is -4.54. The lowest BCUT2D eigenvalue weighted by Crippen LogP contribution is -2.53. The summed E-state index contributed by atoms with van der Waals surface area (Å²) in [5.41, 5.74) is -1.07. The van der Waals surface area contributed by atoms with Gasteiger partial charge in [0.1, 0.15) is 0 Å². The van der Waals surface area contributed by atoms with Crippen LogP contribution in [0.4, 0.5) is 18.9 Å². The molecule has 0 atom stereocenters. The van der Waals surface area contributed by atoms with E-state index in [2.05, 4.69) is 10.2 Å². The lowest BCUT2D eigenvalue weighted by molar-refractivity contribution is -0.137. The van der Waals surface area contributed by atoms with E-state index in [1.807, 2.05) is 13.8 Å². The molecule has 1 aromatic carbocycles. The molecule has 8 heteroatoms. The Labute approximate surface area is 142 Å². The van der Waals surface area contributed by atoms with Crippen LogP contribution >= 0.6 is 0 Å². The smallest absolute Gasteiger partial charge is 0.383 e. The molecular formula is C16H20F3N3OS. The van der Waals surface area contributed by atoms with Gasteiger partial charge in [-0.25, -0.2) is 0 Å². The van der Waals surface area contributed by atoms with Crippen molar-refractivity contribution in [2.24, 2.45) is 0 Å². The van der Waals surface area contributed by atoms with Crippen molar-refractivity contribution in [3.05, 3.63) is 29.3 Å². The zero-order chi connectivity index (χ0) is 18.0. The molecule has 0 aliphatic carbocycles. The Bertz CT molecular complexity index is 658. The number of halogens is 3. The van der Waals surface area contributed by atoms with Gasteiger partial charge in [-0.1, -0.05) is 0 Å². The van der Waals surface area contributed by atoms with Gasteiger partial charge in [0, 0.05) is 53.2 Å². The first-order valence-electron chi connectivity index (χ1n) is 7.59. The third-order valence-electron chi connectivity index (χ3n) is 4.20. The lowest BCUT2D eigenvalue weighted by Gasteiger charge is -2.41. The summed E-state index contributed by atoms with van der Waals surface area (Å²) in [7, 11) is -0.756. The van der Waals surface area contributed by atoms with Crippen molar-refractivity contribution in [3.8, 4) is 6.07 Å². The quantitative estimate of drug-likeness (QED) is 0.898. The summed E-state index contributed by atoms with van der Waals surface area (Å²) >= 11 is 0. The van der Waals surface area contributed by atoms with E-state index in [1.54, 1.807) is 6.07 Å². The van der Waals surface area contributed by atoms with Crippen LogP contribution in [-0.4, -0.2) is 45.8 Å². The molecule has 0 unspecified atom stereocenters. The van der Waals surface area contributed by atoms with Crippen LogP contribution in [0.15, 0.2) is 18.2 Å². The van der Waals surface area contributed by atoms with Gasteiger partial charge in [-0.05, 0) is 32.0 Å². The maximum atomic E-state index is 12.8. The molecule has 0 amide bonds. The predicted molar refractivity (Wildman–Crippen MR) is 88.2 cm³/mol. The number of anilines is 1. The Balaban J connectivity index is 2.06. The Hall–Kier alpha value is -1.59. The fourth-order valence-electron chi connectivity index (χ4n) is 2.67. The monoisotopic (exact) mass is 359 g/mol. The van der Waals surface area contributed by atoms with E-state index >= 15 is 0 Å². The van der Waals surface area contributed by atoms with Gasteiger partial charge < -0.3 is 5.32 Å². The molecule has 1 fully saturated rings. The molecule has 0 aromatic heterocycles. The van der Waals surface area contributed by atoms with Gasteiger partial charge >= 0.3 is 6.18 Å². The van der Waals surface area contributed by atoms with Crippen molar-refractivity contribution < 1.29 is 17.4 Å². The van der Waals surface area contributed by atoms with E-state index in [9.17, 15) is 17.4 Å². The van der Waals surface area contributed by atoms with Crippen LogP contribution in [0.3, 0.4) is 0 Å². The number of nitrogens with one attached hydrogen (secondary N) is 1. The number of alkyl halides is 3. The second kappa shape index (κ2) is 7.11. The highest BCUT2D eigenvalue weighted by atomic mass is 32.2. The highest BCUT2D eigenvalue weighted by Gasteiger charge is 2.34. The van der Waals surface area contributed by atoms with Crippen LogP contribution < -0.4 is 5.32 Å². The van der Waals surface area contributed by atoms with Crippen molar-refractivity contribution in [2.75, 3.05) is 36.5 Å². The molecule has 0 saturated carbocycles. The summed E-state index contributed by atoms with van der Waals surface area (Å²) in [6.45, 7) is 6.04. The van der Waals surface area contributed by atoms with Gasteiger partial charge in [0.25, 0.3) is 0 Å². The van der Waals surface area contributed by atoms with Crippen molar-refractivity contribution in [1.82, 2.24) is 4.90 Å². The van der Waals surface area contributed by atoms with Gasteiger partial charge in [-0.15, -0.1) is 0 Å². The van der Waals surface area contributed by atoms with E-state index in [-0.39, 0.29) is 5.54 Å². The van der Waals surface area contributed by atoms with Crippen LogP contribution in [-0.2, 0) is 17.0 Å². The van der Waals surface area contributed by atoms with Gasteiger partial charge in [-0.2, -0.15) is 18.4 Å². The number of hydrogen-bond acceptors (Lipinski definition) is 4. The Morgan fingerprint density at radius 3 is 2.46 bits per heavy atom. The lowest BCUT2D eigenvalue weighted by atomic mass is 10.0. The van der Waals surface area contributed by atoms with E-state index in [0.29, 0.717) is 23.7 Å². The molecule has 0 radical (unpaired) electrons. The topological polar surface area (TPSA) is 56.1 Å². The average Bonchev–Trinajstić information content (AvgIpc) is 2.52. The number of rotatable bonds is 4. The molecule has 1 heterocycles. The maximum absolute atomic E-state index is 12.8. The predicted octanol–water partition coefficient (Wildman–Crippen LogP) is 2.83. The molecule has 1 saturated heterocycles. The number of benzene rings is 1. The molecule has 1 aromatic rings. The van der Waals surface area contributed by atoms with Gasteiger partial charge in [0.2, 0.25) is 0 Å². The minimum Gasteiger partial charge on any atom is -0.383 e. The molecule has 0 spiro atoms. The number of hydrogen-bond donors (Lipinski definition) is 1. The molecule has 2 rings (SSSR count). The first-order chi connectivity index (χ1) is 11.1. The van der Waals surface area contributed by atoms with Crippen LogP contribution in [0.25, 0.3) is 0 Å². The Morgan fingerprint density at radius 1 is 1.29 bits per heavy atom. The van der Waals surface area contributed by atoms with Crippen LogP contribution in [0.1, 0.15) is 25.0 Å². The largest absolute Gasteiger partial charge is 0.417 e. The fourth-order valence-corrected chi connectivity index (χ4v) is 3.72. The molecule has 24 heavy (non-hydrogen) atoms. The van der Waals surface area contributed by atoms with E-state index < -0.39 is 28.1 Å². The first kappa shape index (κ1) is 18.7. The zero-order valence-electron chi connectivity index (χ0n) is 13.6. The highest BCUT2D eigenvalue weighted by Crippen LogP contribution is 2.33. The second-order valence-corrected chi connectivity index (χ2v) is 8.07. The SMILES string of the molecule is CC(C)(CNc1ccc(C(F)(F)F)c(C#N)c1)N1CCS(=O)CC1. The summed E-state index contributed by atoms with van der Waals surface area (Å²) in [5, 5.41) is 12.1. The highest BCUT2D eigenvalue weighted by molar-refractivity contribution is 7.85. The molecular weight excluding hydrogens is 339 g/mol. The summed E-state index contributed by atoms with van der Waals surface area (Å²) in [4.78, 5) is 2.22. The van der Waals surface area contributed by atoms with Crippen molar-refractivity contribution in [3.63, 3.8) is 0 Å². The van der Waals surface area contributed by atoms with E-state index in [1.165, 1.54) is 12.1 Å². The number of nitrogens with zero attached hydrogens (tertiary/aromatic N) is 2. The second-order valence-electron chi connectivity index (χ2n) is 6.37. The Morgan fingerprint density at radius 2 is 1.92 bits per heavy atom. The molecule has 4 nitrogen and oxygen atoms in total. The fraction of sp³-hybridized carbons (Fsp3) is 0.562. The normalized spacial score (nSPS) is 17.5. The maximum Gasteiger partial charge on any atom is 0.417 e. The van der Waals surface area contributed by atoms with Crippen molar-refractivity contribution in [2.45, 2.75) is 25.6 Å². The minimum absolute atomic E-state index is 0.236. The third-order valence-corrected chi connectivity index (χ3v) is 5.48. The minimum atomic E-state index is -4.54. The van der Waals surface area contributed by atoms with Gasteiger partial charge in [0.05, 0.1) is 17.2 Å². The summed E-state index contributed by atoms with van der Waals surface area (Å²) in [6, 6.07) is 5.10. The van der Waals surface area contributed by atoms with E-state index in [4.69, 9.17) is 5.26 Å². The average molecular weight is 359 g/mol. The third kappa shape index (κ3) is 4.48. The van der Waals surface area contributed by atoms with Crippen molar-refractivity contribution >= 4 is 16.5 Å². The standard InChI is InChI=1S/C16H20F3N3OS/c1-15(2,22-5-7-24(23)8-6-22)11-21-13-3-4-14(16(17,18)19)12(9-13)10-20/h3-4,9,21H,5-8,11H2,1-2H3. The summed E-state index contributed by atoms with van der Waals surface area (Å²) < 4.78 is 49.9. The Kier molecular flexibility index (Phi) is 5.56. The molecule has 1 N–H and O–H groups in total. The molecule has 1 aliphatic rings. The van der Waals surface area contributed by atoms with Crippen molar-refractivity contribution in [1.29, 1.82) is 5.26 Å². The molecule has 0 bridgehead atoms. The van der Waals surface area contributed by atoms with Gasteiger partial charge in [-0.3, -0.25) is 9.11 Å². The van der Waals surface area contributed by atoms with Crippen LogP contribution in [0, 0.1) is 11.3 Å². The van der Waals surface area contributed by atoms with E-state index in [0.717, 1.165) is 19.2 Å². The number of nitriles is 1. The van der Waals surface area contributed by atoms with Crippen LogP contribution in [0.2, 0.25) is 0 Å². The van der Waals surface area contributed by atoms with Crippen LogP contribution in [0.5, 0.6) is 0 Å².